The number of rotatable bonds is 6. The Labute approximate surface area is 151 Å². The maximum atomic E-state index is 10.4. The Hall–Kier alpha value is -0.240. The minimum absolute atomic E-state index is 0.0304. The van der Waals surface area contributed by atoms with E-state index in [1.54, 1.807) is 14.2 Å². The van der Waals surface area contributed by atoms with E-state index >= 15 is 0 Å². The molecule has 0 saturated carbocycles. The van der Waals surface area contributed by atoms with Crippen LogP contribution in [0, 0.1) is 23.7 Å². The molecule has 2 aliphatic rings. The molecule has 0 aromatic rings. The average molecular weight is 360 g/mol. The highest BCUT2D eigenvalue weighted by Gasteiger charge is 2.42. The molecule has 2 aliphatic heterocycles. The number of aliphatic hydroxyl groups is 2. The van der Waals surface area contributed by atoms with E-state index in [-0.39, 0.29) is 48.5 Å². The zero-order valence-corrected chi connectivity index (χ0v) is 16.4. The van der Waals surface area contributed by atoms with E-state index in [0.29, 0.717) is 0 Å². The third kappa shape index (κ3) is 4.54. The van der Waals surface area contributed by atoms with Gasteiger partial charge in [-0.3, -0.25) is 0 Å². The van der Waals surface area contributed by atoms with Gasteiger partial charge in [-0.1, -0.05) is 27.7 Å². The van der Waals surface area contributed by atoms with Crippen molar-refractivity contribution in [3.63, 3.8) is 0 Å². The zero-order valence-electron chi connectivity index (χ0n) is 16.4. The van der Waals surface area contributed by atoms with Crippen LogP contribution in [0.25, 0.3) is 0 Å². The summed E-state index contributed by atoms with van der Waals surface area (Å²) >= 11 is 0. The standard InChI is InChI=1S/C19H36O6/c1-10-14(24-18(22-5)12(3)16(10)20)8-7-9-15-11(2)17(21)13(4)19(23-6)25-15/h10-21H,7-9H2,1-6H3/t10-,11-,12+,13+,14+,15+,16+,17+,18+,19+/m0/s1. The van der Waals surface area contributed by atoms with Gasteiger partial charge in [0.25, 0.3) is 0 Å². The Kier molecular flexibility index (Phi) is 7.67. The third-order valence-electron chi connectivity index (χ3n) is 6.25. The molecule has 0 aromatic carbocycles. The molecule has 25 heavy (non-hydrogen) atoms. The average Bonchev–Trinajstić information content (AvgIpc) is 2.61. The van der Waals surface area contributed by atoms with Crippen LogP contribution < -0.4 is 0 Å². The second-order valence-corrected chi connectivity index (χ2v) is 7.91. The van der Waals surface area contributed by atoms with Gasteiger partial charge in [-0.15, -0.1) is 0 Å². The van der Waals surface area contributed by atoms with Crippen molar-refractivity contribution in [2.24, 2.45) is 23.7 Å². The van der Waals surface area contributed by atoms with Crippen molar-refractivity contribution < 1.29 is 29.2 Å². The molecule has 0 radical (unpaired) electrons. The van der Waals surface area contributed by atoms with Crippen molar-refractivity contribution in [3.05, 3.63) is 0 Å². The van der Waals surface area contributed by atoms with Gasteiger partial charge in [-0.05, 0) is 19.3 Å². The minimum atomic E-state index is -0.422. The number of hydrogen-bond donors (Lipinski definition) is 2. The van der Waals surface area contributed by atoms with Crippen molar-refractivity contribution >= 4 is 0 Å². The maximum Gasteiger partial charge on any atom is 0.162 e. The molecule has 148 valence electrons. The van der Waals surface area contributed by atoms with E-state index in [4.69, 9.17) is 18.9 Å². The molecule has 2 heterocycles. The molecule has 6 heteroatoms. The zero-order chi connectivity index (χ0) is 18.7. The van der Waals surface area contributed by atoms with Crippen LogP contribution in [-0.4, -0.2) is 61.4 Å². The van der Waals surface area contributed by atoms with E-state index in [2.05, 4.69) is 0 Å². The summed E-state index contributed by atoms with van der Waals surface area (Å²) < 4.78 is 22.8. The topological polar surface area (TPSA) is 77.4 Å². The molecule has 0 bridgehead atoms. The van der Waals surface area contributed by atoms with Crippen molar-refractivity contribution in [2.45, 2.75) is 84.0 Å². The lowest BCUT2D eigenvalue weighted by molar-refractivity contribution is -0.259. The van der Waals surface area contributed by atoms with Gasteiger partial charge in [0.1, 0.15) is 0 Å². The van der Waals surface area contributed by atoms with Gasteiger partial charge >= 0.3 is 0 Å². The second-order valence-electron chi connectivity index (χ2n) is 7.91. The number of ether oxygens (including phenoxy) is 4. The third-order valence-corrected chi connectivity index (χ3v) is 6.25. The molecule has 2 rings (SSSR count). The SMILES string of the molecule is CO[C@@H]1O[C@H](CCC[C@H]2O[C@@H](OC)[C@H](C)[C@H](O)[C@H]2C)[C@H](C)[C@@H](O)[C@H]1C. The minimum Gasteiger partial charge on any atom is -0.392 e. The Morgan fingerprint density at radius 1 is 0.680 bits per heavy atom. The monoisotopic (exact) mass is 360 g/mol. The summed E-state index contributed by atoms with van der Waals surface area (Å²) in [6.45, 7) is 7.97. The Morgan fingerprint density at radius 2 is 1.04 bits per heavy atom. The van der Waals surface area contributed by atoms with Crippen molar-refractivity contribution in [3.8, 4) is 0 Å². The first-order chi connectivity index (χ1) is 11.8. The van der Waals surface area contributed by atoms with Crippen molar-refractivity contribution in [1.82, 2.24) is 0 Å². The predicted octanol–water partition coefficient (Wildman–Crippen LogP) is 2.17. The smallest absolute Gasteiger partial charge is 0.162 e. The molecule has 0 unspecified atom stereocenters. The van der Waals surface area contributed by atoms with Crippen molar-refractivity contribution in [2.75, 3.05) is 14.2 Å². The highest BCUT2D eigenvalue weighted by molar-refractivity contribution is 4.87. The molecule has 10 atom stereocenters. The first-order valence-electron chi connectivity index (χ1n) is 9.54. The normalized spacial score (nSPS) is 48.5. The van der Waals surface area contributed by atoms with Crippen LogP contribution in [0.5, 0.6) is 0 Å². The van der Waals surface area contributed by atoms with Gasteiger partial charge in [0.05, 0.1) is 24.4 Å². The van der Waals surface area contributed by atoms with Crippen LogP contribution in [0.2, 0.25) is 0 Å². The number of hydrogen-bond acceptors (Lipinski definition) is 6. The van der Waals surface area contributed by atoms with Gasteiger partial charge in [0, 0.05) is 37.9 Å². The lowest BCUT2D eigenvalue weighted by Gasteiger charge is -2.43. The van der Waals surface area contributed by atoms with Crippen LogP contribution in [0.3, 0.4) is 0 Å². The quantitative estimate of drug-likeness (QED) is 0.756. The maximum absolute atomic E-state index is 10.4. The molecule has 0 aromatic heterocycles. The van der Waals surface area contributed by atoms with E-state index < -0.39 is 12.2 Å². The summed E-state index contributed by atoms with van der Waals surface area (Å²) in [6, 6.07) is 0. The number of aliphatic hydroxyl groups excluding tert-OH is 2. The summed E-state index contributed by atoms with van der Waals surface area (Å²) in [7, 11) is 3.23. The summed E-state index contributed by atoms with van der Waals surface area (Å²) in [5.41, 5.74) is 0. The lowest BCUT2D eigenvalue weighted by atomic mass is 9.82. The summed E-state index contributed by atoms with van der Waals surface area (Å²) in [5.74, 6) is 0.0842. The van der Waals surface area contributed by atoms with E-state index in [9.17, 15) is 10.2 Å². The Morgan fingerprint density at radius 3 is 1.36 bits per heavy atom. The molecule has 2 fully saturated rings. The van der Waals surface area contributed by atoms with Crippen molar-refractivity contribution in [1.29, 1.82) is 0 Å². The van der Waals surface area contributed by atoms with E-state index in [1.807, 2.05) is 27.7 Å². The van der Waals surface area contributed by atoms with Crippen LogP contribution >= 0.6 is 0 Å². The van der Waals surface area contributed by atoms with Gasteiger partial charge in [0.15, 0.2) is 12.6 Å². The molecule has 0 aliphatic carbocycles. The van der Waals surface area contributed by atoms with Crippen LogP contribution in [0.1, 0.15) is 47.0 Å². The van der Waals surface area contributed by atoms with Crippen LogP contribution in [0.4, 0.5) is 0 Å². The second kappa shape index (κ2) is 9.11. The van der Waals surface area contributed by atoms with Gasteiger partial charge in [-0.25, -0.2) is 0 Å². The molecular formula is C19H36O6. The van der Waals surface area contributed by atoms with E-state index in [1.165, 1.54) is 0 Å². The van der Waals surface area contributed by atoms with Gasteiger partial charge in [0.2, 0.25) is 0 Å². The fraction of sp³-hybridized carbons (Fsp3) is 1.00. The first-order valence-corrected chi connectivity index (χ1v) is 9.54. The first kappa shape index (κ1) is 21.1. The molecule has 6 nitrogen and oxygen atoms in total. The highest BCUT2D eigenvalue weighted by Crippen LogP contribution is 2.35. The van der Waals surface area contributed by atoms with Gasteiger partial charge < -0.3 is 29.2 Å². The predicted molar refractivity (Wildman–Crippen MR) is 93.9 cm³/mol. The molecule has 0 amide bonds. The van der Waals surface area contributed by atoms with Crippen LogP contribution in [0.15, 0.2) is 0 Å². The highest BCUT2D eigenvalue weighted by atomic mass is 16.7. The molecular weight excluding hydrogens is 324 g/mol. The largest absolute Gasteiger partial charge is 0.392 e. The fourth-order valence-corrected chi connectivity index (χ4v) is 4.28. The van der Waals surface area contributed by atoms with Gasteiger partial charge in [-0.2, -0.15) is 0 Å². The summed E-state index contributed by atoms with van der Waals surface area (Å²) in [5, 5.41) is 20.8. The summed E-state index contributed by atoms with van der Waals surface area (Å²) in [4.78, 5) is 0. The Bertz CT molecular complexity index is 365. The molecule has 2 N–H and O–H groups in total. The lowest BCUT2D eigenvalue weighted by Crippen LogP contribution is -2.50. The van der Waals surface area contributed by atoms with E-state index in [0.717, 1.165) is 19.3 Å². The Balaban J connectivity index is 1.87. The fourth-order valence-electron chi connectivity index (χ4n) is 4.28. The molecule has 0 spiro atoms. The van der Waals surface area contributed by atoms with Crippen LogP contribution in [-0.2, 0) is 18.9 Å². The molecule has 2 saturated heterocycles. The summed E-state index contributed by atoms with van der Waals surface area (Å²) in [6.07, 6.45) is 0.945. The number of methoxy groups -OCH3 is 2.